The van der Waals surface area contributed by atoms with Gasteiger partial charge in [-0.05, 0) is 71.5 Å². The van der Waals surface area contributed by atoms with E-state index >= 15 is 0 Å². The minimum atomic E-state index is -1.14. The molecule has 0 unspecified atom stereocenters. The van der Waals surface area contributed by atoms with Crippen LogP contribution in [0.1, 0.15) is 91.6 Å². The minimum absolute atomic E-state index is 0.0500. The number of hydrogen-bond donors (Lipinski definition) is 2. The molecule has 0 radical (unpaired) electrons. The second-order valence-electron chi connectivity index (χ2n) is 11.2. The Balaban J connectivity index is 1.51. The van der Waals surface area contributed by atoms with E-state index in [4.69, 9.17) is 9.47 Å². The van der Waals surface area contributed by atoms with Gasteiger partial charge in [-0.3, -0.25) is 4.79 Å². The maximum Gasteiger partial charge on any atom is 0.343 e. The van der Waals surface area contributed by atoms with E-state index < -0.39 is 23.9 Å². The molecular formula is C34H41NO6. The average molecular weight is 560 g/mol. The highest BCUT2D eigenvalue weighted by atomic mass is 16.5. The number of amides is 1. The van der Waals surface area contributed by atoms with Crippen LogP contribution in [-0.2, 0) is 16.6 Å². The second kappa shape index (κ2) is 15.0. The second-order valence-corrected chi connectivity index (χ2v) is 11.2. The van der Waals surface area contributed by atoms with Gasteiger partial charge in [0.2, 0.25) is 0 Å². The van der Waals surface area contributed by atoms with Crippen molar-refractivity contribution in [2.75, 3.05) is 6.61 Å². The van der Waals surface area contributed by atoms with Crippen molar-refractivity contribution in [3.8, 4) is 11.5 Å². The van der Waals surface area contributed by atoms with Crippen LogP contribution in [0, 0.1) is 0 Å². The van der Waals surface area contributed by atoms with Gasteiger partial charge in [0.25, 0.3) is 5.91 Å². The summed E-state index contributed by atoms with van der Waals surface area (Å²) >= 11 is 0. The van der Waals surface area contributed by atoms with Crippen LogP contribution in [0.4, 0.5) is 0 Å². The summed E-state index contributed by atoms with van der Waals surface area (Å²) in [4.78, 5) is 37.2. The van der Waals surface area contributed by atoms with Crippen molar-refractivity contribution in [3.05, 3.63) is 95.1 Å². The zero-order chi connectivity index (χ0) is 29.8. The normalized spacial score (nSPS) is 11.9. The first-order chi connectivity index (χ1) is 19.6. The Morgan fingerprint density at radius 3 is 1.95 bits per heavy atom. The monoisotopic (exact) mass is 559 g/mol. The van der Waals surface area contributed by atoms with E-state index in [9.17, 15) is 19.5 Å². The average Bonchev–Trinajstić information content (AvgIpc) is 2.95. The zero-order valence-corrected chi connectivity index (χ0v) is 24.4. The lowest BCUT2D eigenvalue weighted by molar-refractivity contribution is -0.139. The van der Waals surface area contributed by atoms with E-state index in [1.807, 2.05) is 12.1 Å². The summed E-state index contributed by atoms with van der Waals surface area (Å²) < 4.78 is 11.2. The first kappa shape index (κ1) is 31.4. The molecule has 7 nitrogen and oxygen atoms in total. The van der Waals surface area contributed by atoms with E-state index in [-0.39, 0.29) is 11.8 Å². The summed E-state index contributed by atoms with van der Waals surface area (Å²) in [5.74, 6) is -1.04. The number of hydrogen-bond acceptors (Lipinski definition) is 5. The van der Waals surface area contributed by atoms with Crippen LogP contribution < -0.4 is 14.8 Å². The highest BCUT2D eigenvalue weighted by molar-refractivity contribution is 5.96. The van der Waals surface area contributed by atoms with Crippen molar-refractivity contribution < 1.29 is 29.0 Å². The van der Waals surface area contributed by atoms with Crippen LogP contribution in [0.15, 0.2) is 72.8 Å². The van der Waals surface area contributed by atoms with E-state index in [1.54, 1.807) is 60.7 Å². The Morgan fingerprint density at radius 1 is 0.780 bits per heavy atom. The molecule has 2 N–H and O–H groups in total. The quantitative estimate of drug-likeness (QED) is 0.126. The third-order valence-electron chi connectivity index (χ3n) is 6.80. The molecule has 0 aliphatic carbocycles. The molecule has 0 bridgehead atoms. The molecule has 3 aromatic rings. The highest BCUT2D eigenvalue weighted by Crippen LogP contribution is 2.22. The van der Waals surface area contributed by atoms with Gasteiger partial charge in [-0.25, -0.2) is 9.59 Å². The number of carbonyl (C=O) groups excluding carboxylic acids is 2. The molecule has 0 saturated heterocycles. The van der Waals surface area contributed by atoms with Crippen LogP contribution in [0.2, 0.25) is 0 Å². The number of rotatable bonds is 14. The molecular weight excluding hydrogens is 518 g/mol. The van der Waals surface area contributed by atoms with Crippen molar-refractivity contribution in [3.63, 3.8) is 0 Å². The standard InChI is InChI=1S/C34H41NO6/c1-5-6-7-8-9-22-40-28-20-14-26(15-21-28)33(39)41-29-18-10-24(11-19-29)23-30(32(37)38)35-31(36)25-12-16-27(17-13-25)34(2,3)4/h10-21,30H,5-9,22-23H2,1-4H3,(H,35,36)(H,37,38)/t30-/m0/s1. The number of unbranched alkanes of at least 4 members (excludes halogenated alkanes) is 4. The first-order valence-electron chi connectivity index (χ1n) is 14.2. The fourth-order valence-corrected chi connectivity index (χ4v) is 4.24. The van der Waals surface area contributed by atoms with E-state index in [0.29, 0.717) is 34.8 Å². The maximum absolute atomic E-state index is 12.7. The Hall–Kier alpha value is -4.13. The Kier molecular flexibility index (Phi) is 11.5. The molecule has 0 aliphatic heterocycles. The molecule has 0 fully saturated rings. The van der Waals surface area contributed by atoms with Crippen LogP contribution in [-0.4, -0.2) is 35.6 Å². The molecule has 3 rings (SSSR count). The van der Waals surface area contributed by atoms with Gasteiger partial charge in [-0.2, -0.15) is 0 Å². The first-order valence-corrected chi connectivity index (χ1v) is 14.2. The number of aliphatic carboxylic acids is 1. The molecule has 218 valence electrons. The van der Waals surface area contributed by atoms with Gasteiger partial charge in [0.05, 0.1) is 12.2 Å². The summed E-state index contributed by atoms with van der Waals surface area (Å²) in [6.07, 6.45) is 5.90. The van der Waals surface area contributed by atoms with Gasteiger partial charge >= 0.3 is 11.9 Å². The molecule has 7 heteroatoms. The number of esters is 1. The summed E-state index contributed by atoms with van der Waals surface area (Å²) in [6.45, 7) is 9.08. The van der Waals surface area contributed by atoms with Gasteiger partial charge in [-0.1, -0.05) is 77.6 Å². The van der Waals surface area contributed by atoms with Crippen LogP contribution in [0.25, 0.3) is 0 Å². The third-order valence-corrected chi connectivity index (χ3v) is 6.80. The van der Waals surface area contributed by atoms with Gasteiger partial charge in [0.15, 0.2) is 0 Å². The van der Waals surface area contributed by atoms with Gasteiger partial charge < -0.3 is 19.9 Å². The molecule has 0 heterocycles. The van der Waals surface area contributed by atoms with Crippen LogP contribution in [0.3, 0.4) is 0 Å². The van der Waals surface area contributed by atoms with Gasteiger partial charge in [0.1, 0.15) is 17.5 Å². The number of carbonyl (C=O) groups is 3. The lowest BCUT2D eigenvalue weighted by atomic mass is 9.86. The summed E-state index contributed by atoms with van der Waals surface area (Å²) in [6, 6.07) is 19.5. The molecule has 0 aliphatic rings. The van der Waals surface area contributed by atoms with Crippen molar-refractivity contribution in [2.24, 2.45) is 0 Å². The van der Waals surface area contributed by atoms with E-state index in [2.05, 4.69) is 33.0 Å². The SMILES string of the molecule is CCCCCCCOc1ccc(C(=O)Oc2ccc(C[C@H](NC(=O)c3ccc(C(C)(C)C)cc3)C(=O)O)cc2)cc1. The minimum Gasteiger partial charge on any atom is -0.494 e. The molecule has 1 atom stereocenters. The third kappa shape index (κ3) is 10.1. The van der Waals surface area contributed by atoms with E-state index in [1.165, 1.54) is 19.3 Å². The predicted molar refractivity (Wildman–Crippen MR) is 160 cm³/mol. The van der Waals surface area contributed by atoms with Crippen molar-refractivity contribution >= 4 is 17.8 Å². The topological polar surface area (TPSA) is 102 Å². The number of carboxylic acids is 1. The predicted octanol–water partition coefficient (Wildman–Crippen LogP) is 6.98. The lowest BCUT2D eigenvalue weighted by Gasteiger charge is -2.19. The van der Waals surface area contributed by atoms with Crippen molar-refractivity contribution in [1.29, 1.82) is 0 Å². The number of benzene rings is 3. The molecule has 1 amide bonds. The fraction of sp³-hybridized carbons (Fsp3) is 0.382. The van der Waals surface area contributed by atoms with Crippen molar-refractivity contribution in [2.45, 2.75) is 77.7 Å². The Morgan fingerprint density at radius 2 is 1.37 bits per heavy atom. The highest BCUT2D eigenvalue weighted by Gasteiger charge is 2.22. The van der Waals surface area contributed by atoms with Gasteiger partial charge in [0, 0.05) is 12.0 Å². The van der Waals surface area contributed by atoms with Crippen molar-refractivity contribution in [1.82, 2.24) is 5.32 Å². The lowest BCUT2D eigenvalue weighted by Crippen LogP contribution is -2.42. The summed E-state index contributed by atoms with van der Waals surface area (Å²) in [5.41, 5.74) is 2.50. The van der Waals surface area contributed by atoms with Crippen LogP contribution >= 0.6 is 0 Å². The van der Waals surface area contributed by atoms with Gasteiger partial charge in [-0.15, -0.1) is 0 Å². The maximum atomic E-state index is 12.7. The van der Waals surface area contributed by atoms with E-state index in [0.717, 1.165) is 18.4 Å². The fourth-order valence-electron chi connectivity index (χ4n) is 4.24. The molecule has 0 spiro atoms. The number of ether oxygens (including phenoxy) is 2. The zero-order valence-electron chi connectivity index (χ0n) is 24.4. The summed E-state index contributed by atoms with van der Waals surface area (Å²) in [5, 5.41) is 12.3. The Bertz CT molecular complexity index is 1270. The van der Waals surface area contributed by atoms with Crippen LogP contribution in [0.5, 0.6) is 11.5 Å². The molecule has 0 saturated carbocycles. The molecule has 0 aromatic heterocycles. The number of carboxylic acid groups (broad SMARTS) is 1. The smallest absolute Gasteiger partial charge is 0.343 e. The largest absolute Gasteiger partial charge is 0.494 e. The summed E-state index contributed by atoms with van der Waals surface area (Å²) in [7, 11) is 0. The molecule has 3 aromatic carbocycles. The number of nitrogens with one attached hydrogen (secondary N) is 1. The molecule has 41 heavy (non-hydrogen) atoms. The Labute approximate surface area is 242 Å².